The number of benzene rings is 1. The quantitative estimate of drug-likeness (QED) is 0.618. The van der Waals surface area contributed by atoms with Crippen molar-refractivity contribution in [1.29, 1.82) is 0 Å². The fraction of sp³-hybridized carbons (Fsp3) is 0.375. The number of hydrogen-bond donors (Lipinski definition) is 1. The third-order valence-electron chi connectivity index (χ3n) is 3.20. The highest BCUT2D eigenvalue weighted by atomic mass is 79.9. The van der Waals surface area contributed by atoms with Crippen molar-refractivity contribution < 1.29 is 19.1 Å². The Morgan fingerprint density at radius 2 is 2.23 bits per heavy atom. The van der Waals surface area contributed by atoms with Gasteiger partial charge in [-0.15, -0.1) is 0 Å². The van der Waals surface area contributed by atoms with Crippen LogP contribution in [-0.4, -0.2) is 37.7 Å². The lowest BCUT2D eigenvalue weighted by atomic mass is 10.2. The monoisotopic (exact) mass is 367 g/mol. The lowest BCUT2D eigenvalue weighted by Gasteiger charge is -2.10. The van der Waals surface area contributed by atoms with Gasteiger partial charge in [0.2, 0.25) is 0 Å². The number of ether oxygens (including phenoxy) is 2. The summed E-state index contributed by atoms with van der Waals surface area (Å²) in [7, 11) is 0. The highest BCUT2D eigenvalue weighted by molar-refractivity contribution is 9.10. The molecule has 0 bridgehead atoms. The van der Waals surface area contributed by atoms with E-state index < -0.39 is 5.97 Å². The largest absolute Gasteiger partial charge is 0.452 e. The van der Waals surface area contributed by atoms with E-state index in [0.29, 0.717) is 6.54 Å². The van der Waals surface area contributed by atoms with Crippen LogP contribution in [0.1, 0.15) is 18.4 Å². The number of rotatable bonds is 6. The van der Waals surface area contributed by atoms with Crippen molar-refractivity contribution in [2.75, 3.05) is 19.8 Å². The zero-order valence-corrected chi connectivity index (χ0v) is 13.7. The van der Waals surface area contributed by atoms with E-state index in [1.165, 1.54) is 6.08 Å². The molecule has 1 aliphatic heterocycles. The number of carbonyl (C=O) groups is 2. The van der Waals surface area contributed by atoms with Crippen LogP contribution in [-0.2, 0) is 19.1 Å². The van der Waals surface area contributed by atoms with Crippen molar-refractivity contribution in [1.82, 2.24) is 5.32 Å². The summed E-state index contributed by atoms with van der Waals surface area (Å²) in [5, 5.41) is 2.69. The smallest absolute Gasteiger partial charge is 0.331 e. The Balaban J connectivity index is 1.68. The SMILES string of the molecule is O=C(COC(=O)/C=C/c1ccccc1Br)NC[C@@H]1CCCO1. The van der Waals surface area contributed by atoms with Gasteiger partial charge in [-0.3, -0.25) is 4.79 Å². The predicted octanol–water partition coefficient (Wildman–Crippen LogP) is 2.30. The topological polar surface area (TPSA) is 64.6 Å². The lowest BCUT2D eigenvalue weighted by Crippen LogP contribution is -2.34. The zero-order chi connectivity index (χ0) is 15.8. The summed E-state index contributed by atoms with van der Waals surface area (Å²) in [4.78, 5) is 23.1. The molecule has 1 amide bonds. The van der Waals surface area contributed by atoms with Crippen molar-refractivity contribution >= 4 is 33.9 Å². The first-order chi connectivity index (χ1) is 10.6. The summed E-state index contributed by atoms with van der Waals surface area (Å²) in [5.41, 5.74) is 0.863. The van der Waals surface area contributed by atoms with Gasteiger partial charge in [-0.05, 0) is 30.5 Å². The van der Waals surface area contributed by atoms with Crippen LogP contribution in [0.5, 0.6) is 0 Å². The van der Waals surface area contributed by atoms with Crippen LogP contribution in [0.3, 0.4) is 0 Å². The maximum atomic E-state index is 11.6. The van der Waals surface area contributed by atoms with E-state index in [0.717, 1.165) is 29.5 Å². The van der Waals surface area contributed by atoms with Crippen molar-refractivity contribution in [3.63, 3.8) is 0 Å². The fourth-order valence-corrected chi connectivity index (χ4v) is 2.45. The Labute approximate surface area is 137 Å². The fourth-order valence-electron chi connectivity index (χ4n) is 2.04. The molecule has 0 spiro atoms. The molecule has 0 aliphatic carbocycles. The number of carbonyl (C=O) groups excluding carboxylic acids is 2. The second-order valence-electron chi connectivity index (χ2n) is 4.90. The number of halogens is 1. The summed E-state index contributed by atoms with van der Waals surface area (Å²) in [5.74, 6) is -0.874. The van der Waals surface area contributed by atoms with E-state index in [4.69, 9.17) is 9.47 Å². The van der Waals surface area contributed by atoms with Gasteiger partial charge < -0.3 is 14.8 Å². The van der Waals surface area contributed by atoms with Crippen LogP contribution in [0.4, 0.5) is 0 Å². The van der Waals surface area contributed by atoms with Crippen LogP contribution in [0.25, 0.3) is 6.08 Å². The molecule has 1 atom stereocenters. The first-order valence-electron chi connectivity index (χ1n) is 7.13. The zero-order valence-electron chi connectivity index (χ0n) is 12.1. The third-order valence-corrected chi connectivity index (χ3v) is 3.92. The Morgan fingerprint density at radius 3 is 2.95 bits per heavy atom. The Hall–Kier alpha value is -1.66. The molecule has 1 N–H and O–H groups in total. The second kappa shape index (κ2) is 8.70. The summed E-state index contributed by atoms with van der Waals surface area (Å²) in [6.07, 6.45) is 4.99. The van der Waals surface area contributed by atoms with Gasteiger partial charge >= 0.3 is 5.97 Å². The van der Waals surface area contributed by atoms with E-state index in [2.05, 4.69) is 21.2 Å². The maximum Gasteiger partial charge on any atom is 0.331 e. The van der Waals surface area contributed by atoms with Crippen molar-refractivity contribution in [3.05, 3.63) is 40.4 Å². The minimum Gasteiger partial charge on any atom is -0.452 e. The number of hydrogen-bond acceptors (Lipinski definition) is 4. The van der Waals surface area contributed by atoms with Gasteiger partial charge in [-0.2, -0.15) is 0 Å². The molecular weight excluding hydrogens is 350 g/mol. The Kier molecular flexibility index (Phi) is 6.61. The van der Waals surface area contributed by atoms with Crippen LogP contribution in [0.15, 0.2) is 34.8 Å². The Morgan fingerprint density at radius 1 is 1.41 bits per heavy atom. The molecule has 1 aliphatic rings. The number of amides is 1. The molecule has 2 rings (SSSR count). The van der Waals surface area contributed by atoms with Gasteiger partial charge in [0.25, 0.3) is 5.91 Å². The van der Waals surface area contributed by atoms with Crippen LogP contribution in [0, 0.1) is 0 Å². The standard InChI is InChI=1S/C16H18BrNO4/c17-14-6-2-1-4-12(14)7-8-16(20)22-11-15(19)18-10-13-5-3-9-21-13/h1-2,4,6-8,13H,3,5,9-11H2,(H,18,19)/b8-7+/t13-/m0/s1. The van der Waals surface area contributed by atoms with E-state index in [9.17, 15) is 9.59 Å². The van der Waals surface area contributed by atoms with Gasteiger partial charge in [0.05, 0.1) is 6.10 Å². The van der Waals surface area contributed by atoms with Gasteiger partial charge in [-0.1, -0.05) is 34.1 Å². The first kappa shape index (κ1) is 16.7. The molecule has 6 heteroatoms. The molecule has 0 radical (unpaired) electrons. The molecule has 1 heterocycles. The summed E-state index contributed by atoms with van der Waals surface area (Å²) in [6, 6.07) is 7.50. The maximum absolute atomic E-state index is 11.6. The molecule has 1 saturated heterocycles. The van der Waals surface area contributed by atoms with Crippen molar-refractivity contribution in [2.24, 2.45) is 0 Å². The van der Waals surface area contributed by atoms with Crippen molar-refractivity contribution in [2.45, 2.75) is 18.9 Å². The molecule has 0 saturated carbocycles. The molecule has 1 aromatic carbocycles. The van der Waals surface area contributed by atoms with Crippen LogP contribution in [0.2, 0.25) is 0 Å². The average molecular weight is 368 g/mol. The highest BCUT2D eigenvalue weighted by Crippen LogP contribution is 2.17. The van der Waals surface area contributed by atoms with Crippen LogP contribution >= 0.6 is 15.9 Å². The van der Waals surface area contributed by atoms with Gasteiger partial charge in [0.1, 0.15) is 0 Å². The average Bonchev–Trinajstić information content (AvgIpc) is 3.03. The molecular formula is C16H18BrNO4. The second-order valence-corrected chi connectivity index (χ2v) is 5.76. The van der Waals surface area contributed by atoms with E-state index >= 15 is 0 Å². The number of nitrogens with one attached hydrogen (secondary N) is 1. The minimum absolute atomic E-state index is 0.0787. The molecule has 0 unspecified atom stereocenters. The number of esters is 1. The molecule has 1 aromatic rings. The van der Waals surface area contributed by atoms with Gasteiger partial charge in [-0.25, -0.2) is 4.79 Å². The van der Waals surface area contributed by atoms with E-state index in [-0.39, 0.29) is 18.6 Å². The summed E-state index contributed by atoms with van der Waals surface area (Å²) >= 11 is 3.38. The van der Waals surface area contributed by atoms with Crippen LogP contribution < -0.4 is 5.32 Å². The highest BCUT2D eigenvalue weighted by Gasteiger charge is 2.16. The first-order valence-corrected chi connectivity index (χ1v) is 7.92. The molecule has 22 heavy (non-hydrogen) atoms. The lowest BCUT2D eigenvalue weighted by molar-refractivity contribution is -0.143. The normalized spacial score (nSPS) is 17.6. The summed E-state index contributed by atoms with van der Waals surface area (Å²) < 4.78 is 11.2. The minimum atomic E-state index is -0.553. The molecule has 0 aromatic heterocycles. The Bertz CT molecular complexity index is 553. The van der Waals surface area contributed by atoms with Crippen molar-refractivity contribution in [3.8, 4) is 0 Å². The van der Waals surface area contributed by atoms with E-state index in [1.807, 2.05) is 24.3 Å². The third kappa shape index (κ3) is 5.61. The predicted molar refractivity (Wildman–Crippen MR) is 86.1 cm³/mol. The van der Waals surface area contributed by atoms with Gasteiger partial charge in [0.15, 0.2) is 6.61 Å². The summed E-state index contributed by atoms with van der Waals surface area (Å²) in [6.45, 7) is 0.921. The molecule has 1 fully saturated rings. The van der Waals surface area contributed by atoms with Gasteiger partial charge in [0, 0.05) is 23.7 Å². The molecule has 118 valence electrons. The molecule has 5 nitrogen and oxygen atoms in total. The van der Waals surface area contributed by atoms with E-state index in [1.54, 1.807) is 6.08 Å².